The van der Waals surface area contributed by atoms with E-state index in [1.54, 1.807) is 6.92 Å². The Bertz CT molecular complexity index is 203. The molecule has 0 amide bonds. The van der Waals surface area contributed by atoms with E-state index in [-0.39, 0.29) is 1.43 Å². The highest BCUT2D eigenvalue weighted by molar-refractivity contribution is 4.68. The largest absolute Gasteiger partial charge is 0.438 e. The van der Waals surface area contributed by atoms with Crippen LogP contribution in [-0.4, -0.2) is 10.1 Å². The summed E-state index contributed by atoms with van der Waals surface area (Å²) in [7, 11) is 0. The van der Waals surface area contributed by atoms with Crippen LogP contribution in [-0.2, 0) is 0 Å². The summed E-state index contributed by atoms with van der Waals surface area (Å²) in [6.07, 6.45) is 0. The van der Waals surface area contributed by atoms with Crippen LogP contribution in [0.2, 0.25) is 0 Å². The molecule has 1 aromatic rings. The van der Waals surface area contributed by atoms with Crippen LogP contribution in [0.15, 0.2) is 9.32 Å². The first kappa shape index (κ1) is 4.11. The number of nitrogens with one attached hydrogen (secondary N) is 1. The standard InChI is InChI=1S/C3H4N2O2.H2/c1-2-4-3(6)7-5-2;/h1H3,(H,4,5,6);1H. The van der Waals surface area contributed by atoms with Crippen LogP contribution in [0.25, 0.3) is 0 Å². The molecule has 7 heavy (non-hydrogen) atoms. The highest BCUT2D eigenvalue weighted by Gasteiger charge is 1.86. The molecule has 0 saturated heterocycles. The molecule has 4 nitrogen and oxygen atoms in total. The summed E-state index contributed by atoms with van der Waals surface area (Å²) in [5.74, 6) is 0.00231. The van der Waals surface area contributed by atoms with Crippen LogP contribution in [0, 0.1) is 6.92 Å². The SMILES string of the molecule is Cc1noc(=O)[nH]1.[HH]. The molecule has 1 aromatic heterocycles. The van der Waals surface area contributed by atoms with Gasteiger partial charge in [-0.1, -0.05) is 5.16 Å². The zero-order chi connectivity index (χ0) is 5.28. The first-order valence-corrected chi connectivity index (χ1v) is 1.81. The maximum absolute atomic E-state index is 10.0. The van der Waals surface area contributed by atoms with E-state index in [0.29, 0.717) is 5.82 Å². The van der Waals surface area contributed by atoms with Gasteiger partial charge in [-0.15, -0.1) is 0 Å². The second-order valence-electron chi connectivity index (χ2n) is 1.18. The molecule has 0 aliphatic rings. The van der Waals surface area contributed by atoms with Crippen LogP contribution in [0.4, 0.5) is 0 Å². The lowest BCUT2D eigenvalue weighted by Crippen LogP contribution is -1.93. The lowest BCUT2D eigenvalue weighted by Gasteiger charge is -1.62. The fourth-order valence-electron chi connectivity index (χ4n) is 0.303. The van der Waals surface area contributed by atoms with Gasteiger partial charge in [-0.05, 0) is 6.92 Å². The molecule has 0 aromatic carbocycles. The Morgan fingerprint density at radius 3 is 2.86 bits per heavy atom. The van der Waals surface area contributed by atoms with E-state index >= 15 is 0 Å². The van der Waals surface area contributed by atoms with Crippen LogP contribution >= 0.6 is 0 Å². The van der Waals surface area contributed by atoms with E-state index in [4.69, 9.17) is 0 Å². The second-order valence-corrected chi connectivity index (χ2v) is 1.18. The highest BCUT2D eigenvalue weighted by Crippen LogP contribution is 1.72. The third-order valence-corrected chi connectivity index (χ3v) is 0.548. The van der Waals surface area contributed by atoms with Crippen molar-refractivity contribution in [1.29, 1.82) is 0 Å². The zero-order valence-corrected chi connectivity index (χ0v) is 3.76. The molecule has 0 aliphatic heterocycles. The van der Waals surface area contributed by atoms with Crippen molar-refractivity contribution in [2.75, 3.05) is 0 Å². The summed E-state index contributed by atoms with van der Waals surface area (Å²) in [5.41, 5.74) is 0. The number of hydrogen-bond donors (Lipinski definition) is 1. The molecule has 0 spiro atoms. The third-order valence-electron chi connectivity index (χ3n) is 0.548. The Balaban J connectivity index is 0.000000490. The fourth-order valence-corrected chi connectivity index (χ4v) is 0.303. The lowest BCUT2D eigenvalue weighted by atomic mass is 10.8. The van der Waals surface area contributed by atoms with Gasteiger partial charge in [0, 0.05) is 1.43 Å². The van der Waals surface area contributed by atoms with Crippen LogP contribution in [0.3, 0.4) is 0 Å². The van der Waals surface area contributed by atoms with Gasteiger partial charge in [0.25, 0.3) is 0 Å². The molecule has 4 heteroatoms. The average Bonchev–Trinajstić information content (AvgIpc) is 1.87. The van der Waals surface area contributed by atoms with Gasteiger partial charge in [-0.2, -0.15) is 0 Å². The predicted molar refractivity (Wildman–Crippen MR) is 24.0 cm³/mol. The Kier molecular flexibility index (Phi) is 0.714. The van der Waals surface area contributed by atoms with E-state index in [9.17, 15) is 4.79 Å². The van der Waals surface area contributed by atoms with Crippen molar-refractivity contribution in [1.82, 2.24) is 10.1 Å². The van der Waals surface area contributed by atoms with Crippen molar-refractivity contribution in [3.05, 3.63) is 16.4 Å². The van der Waals surface area contributed by atoms with Gasteiger partial charge in [0.1, 0.15) is 5.82 Å². The number of hydrogen-bond acceptors (Lipinski definition) is 3. The minimum absolute atomic E-state index is 0. The van der Waals surface area contributed by atoms with Crippen molar-refractivity contribution < 1.29 is 5.95 Å². The average molecular weight is 102 g/mol. The van der Waals surface area contributed by atoms with Gasteiger partial charge in [-0.25, -0.2) is 4.79 Å². The summed E-state index contributed by atoms with van der Waals surface area (Å²) in [4.78, 5) is 12.3. The number of H-pyrrole nitrogens is 1. The second kappa shape index (κ2) is 1.22. The Labute approximate surface area is 40.6 Å². The first-order chi connectivity index (χ1) is 3.29. The highest BCUT2D eigenvalue weighted by atomic mass is 16.5. The quantitative estimate of drug-likeness (QED) is 0.498. The zero-order valence-electron chi connectivity index (χ0n) is 3.76. The van der Waals surface area contributed by atoms with Crippen LogP contribution < -0.4 is 5.76 Å². The summed E-state index contributed by atoms with van der Waals surface area (Å²) in [5, 5.41) is 3.27. The van der Waals surface area contributed by atoms with E-state index in [2.05, 4.69) is 14.7 Å². The van der Waals surface area contributed by atoms with Gasteiger partial charge >= 0.3 is 5.76 Å². The fraction of sp³-hybridized carbons (Fsp3) is 0.333. The molecule has 0 bridgehead atoms. The van der Waals surface area contributed by atoms with Gasteiger partial charge in [0.2, 0.25) is 0 Å². The Morgan fingerprint density at radius 2 is 2.71 bits per heavy atom. The van der Waals surface area contributed by atoms with Gasteiger partial charge in [0.15, 0.2) is 0 Å². The summed E-state index contributed by atoms with van der Waals surface area (Å²) < 4.78 is 4.10. The maximum Gasteiger partial charge on any atom is 0.438 e. The van der Waals surface area contributed by atoms with Gasteiger partial charge < -0.3 is 0 Å². The smallest absolute Gasteiger partial charge is 0.296 e. The van der Waals surface area contributed by atoms with Crippen LogP contribution in [0.5, 0.6) is 0 Å². The van der Waals surface area contributed by atoms with Crippen LogP contribution in [0.1, 0.15) is 7.25 Å². The molecule has 40 valence electrons. The molecule has 0 saturated carbocycles. The Morgan fingerprint density at radius 1 is 2.00 bits per heavy atom. The maximum atomic E-state index is 10.0. The molecule has 0 fully saturated rings. The lowest BCUT2D eigenvalue weighted by molar-refractivity contribution is 0.383. The molecule has 0 atom stereocenters. The molecule has 0 aliphatic carbocycles. The molecule has 0 radical (unpaired) electrons. The van der Waals surface area contributed by atoms with Gasteiger partial charge in [-0.3, -0.25) is 9.51 Å². The minimum atomic E-state index is -0.502. The van der Waals surface area contributed by atoms with E-state index in [1.807, 2.05) is 0 Å². The summed E-state index contributed by atoms with van der Waals surface area (Å²) in [6, 6.07) is 0. The Hall–Kier alpha value is -1.06. The van der Waals surface area contributed by atoms with E-state index < -0.39 is 5.76 Å². The minimum Gasteiger partial charge on any atom is -0.296 e. The predicted octanol–water partition coefficient (Wildman–Crippen LogP) is -0.0827. The number of aromatic nitrogens is 2. The van der Waals surface area contributed by atoms with E-state index in [1.165, 1.54) is 0 Å². The summed E-state index contributed by atoms with van der Waals surface area (Å²) >= 11 is 0. The number of rotatable bonds is 0. The number of aromatic amines is 1. The van der Waals surface area contributed by atoms with Crippen molar-refractivity contribution in [3.63, 3.8) is 0 Å². The first-order valence-electron chi connectivity index (χ1n) is 1.81. The molecule has 0 unspecified atom stereocenters. The number of nitrogens with zero attached hydrogens (tertiary/aromatic N) is 1. The van der Waals surface area contributed by atoms with E-state index in [0.717, 1.165) is 0 Å². The molecule has 1 heterocycles. The molecule has 1 N–H and O–H groups in total. The van der Waals surface area contributed by atoms with Crippen molar-refractivity contribution in [3.8, 4) is 0 Å². The summed E-state index contributed by atoms with van der Waals surface area (Å²) in [6.45, 7) is 1.64. The van der Waals surface area contributed by atoms with Gasteiger partial charge in [0.05, 0.1) is 0 Å². The molecular formula is C3H6N2O2. The van der Waals surface area contributed by atoms with Crippen molar-refractivity contribution >= 4 is 0 Å². The number of aryl methyl sites for hydroxylation is 1. The topological polar surface area (TPSA) is 58.9 Å². The monoisotopic (exact) mass is 102 g/mol. The normalized spacial score (nSPS) is 9.29. The third kappa shape index (κ3) is 0.677. The molecule has 1 rings (SSSR count). The van der Waals surface area contributed by atoms with Crippen molar-refractivity contribution in [2.45, 2.75) is 6.92 Å². The van der Waals surface area contributed by atoms with Crippen molar-refractivity contribution in [2.24, 2.45) is 0 Å². The molecular weight excluding hydrogens is 96.0 g/mol.